The van der Waals surface area contributed by atoms with Crippen LogP contribution in [0, 0.1) is 0 Å². The highest BCUT2D eigenvalue weighted by atomic mass is 28.3. The molecule has 0 fully saturated rings. The van der Waals surface area contributed by atoms with E-state index in [2.05, 4.69) is 20.8 Å². The molecular weight excluding hydrogens is 581 g/mol. The summed E-state index contributed by atoms with van der Waals surface area (Å²) in [4.78, 5) is 0. The van der Waals surface area contributed by atoms with E-state index in [1.807, 2.05) is 0 Å². The molecule has 0 aromatic rings. The summed E-state index contributed by atoms with van der Waals surface area (Å²) in [6.45, 7) is 9.37. The minimum Gasteiger partial charge on any atom is -0.376 e. The van der Waals surface area contributed by atoms with E-state index < -0.39 is 9.53 Å². The van der Waals surface area contributed by atoms with Crippen LogP contribution in [0.1, 0.15) is 252 Å². The topological polar surface area (TPSA) is 27.7 Å². The van der Waals surface area contributed by atoms with Crippen molar-refractivity contribution in [3.8, 4) is 0 Å². The third-order valence-electron chi connectivity index (χ3n) is 9.76. The Morgan fingerprint density at radius 2 is 0.370 bits per heavy atom. The van der Waals surface area contributed by atoms with Gasteiger partial charge in [0.25, 0.3) is 0 Å². The van der Waals surface area contributed by atoms with Gasteiger partial charge in [-0.3, -0.25) is 0 Å². The van der Waals surface area contributed by atoms with Crippen molar-refractivity contribution in [2.24, 2.45) is 0 Å². The first-order valence-electron chi connectivity index (χ1n) is 21.7. The molecule has 46 heavy (non-hydrogen) atoms. The molecule has 0 spiro atoms. The molecule has 0 aromatic carbocycles. The van der Waals surface area contributed by atoms with Gasteiger partial charge >= 0.3 is 9.53 Å². The molecule has 0 rings (SSSR count). The van der Waals surface area contributed by atoms with Crippen molar-refractivity contribution < 1.29 is 13.3 Å². The lowest BCUT2D eigenvalue weighted by Gasteiger charge is -2.17. The lowest BCUT2D eigenvalue weighted by atomic mass is 10.1. The minimum absolute atomic E-state index is 0.825. The van der Waals surface area contributed by atoms with Crippen LogP contribution in [0.2, 0.25) is 0 Å². The highest BCUT2D eigenvalue weighted by Crippen LogP contribution is 2.15. The van der Waals surface area contributed by atoms with E-state index in [-0.39, 0.29) is 0 Å². The third-order valence-corrected chi connectivity index (χ3v) is 11.3. The second kappa shape index (κ2) is 43.1. The SMILES string of the molecule is CCCCCCCCCCCCCCO[SiH](OCCCCCCCCCCCCCC)OCCCCCCCCCCCCCC. The summed E-state index contributed by atoms with van der Waals surface area (Å²) in [6, 6.07) is 0. The van der Waals surface area contributed by atoms with Gasteiger partial charge in [0.05, 0.1) is 0 Å². The van der Waals surface area contributed by atoms with Crippen molar-refractivity contribution in [2.45, 2.75) is 252 Å². The smallest absolute Gasteiger partial charge is 0.376 e. The fourth-order valence-electron chi connectivity index (χ4n) is 6.51. The Labute approximate surface area is 293 Å². The van der Waals surface area contributed by atoms with Gasteiger partial charge in [-0.25, -0.2) is 0 Å². The van der Waals surface area contributed by atoms with Gasteiger partial charge in [-0.15, -0.1) is 0 Å². The molecule has 0 N–H and O–H groups in total. The first-order valence-corrected chi connectivity index (χ1v) is 23.1. The molecule has 0 heterocycles. The Balaban J connectivity index is 3.91. The molecule has 0 aromatic heterocycles. The maximum absolute atomic E-state index is 6.24. The average Bonchev–Trinajstić information content (AvgIpc) is 3.07. The number of unbranched alkanes of at least 4 members (excludes halogenated alkanes) is 33. The Morgan fingerprint density at radius 3 is 0.543 bits per heavy atom. The maximum atomic E-state index is 6.24. The van der Waals surface area contributed by atoms with Crippen molar-refractivity contribution in [3.05, 3.63) is 0 Å². The van der Waals surface area contributed by atoms with Crippen molar-refractivity contribution in [1.82, 2.24) is 0 Å². The Morgan fingerprint density at radius 1 is 0.217 bits per heavy atom. The quantitative estimate of drug-likeness (QED) is 0.0478. The van der Waals surface area contributed by atoms with Crippen molar-refractivity contribution in [3.63, 3.8) is 0 Å². The van der Waals surface area contributed by atoms with E-state index in [0.29, 0.717) is 0 Å². The molecule has 0 aliphatic rings. The summed E-state index contributed by atoms with van der Waals surface area (Å²) >= 11 is 0. The largest absolute Gasteiger partial charge is 0.484 e. The van der Waals surface area contributed by atoms with Crippen LogP contribution < -0.4 is 0 Å². The van der Waals surface area contributed by atoms with Gasteiger partial charge in [-0.05, 0) is 19.3 Å². The predicted molar refractivity (Wildman–Crippen MR) is 208 cm³/mol. The molecule has 0 bridgehead atoms. The van der Waals surface area contributed by atoms with Crippen LogP contribution in [-0.2, 0) is 13.3 Å². The summed E-state index contributed by atoms with van der Waals surface area (Å²) in [7, 11) is -1.99. The highest BCUT2D eigenvalue weighted by Gasteiger charge is 2.15. The first-order chi connectivity index (χ1) is 22.8. The van der Waals surface area contributed by atoms with Crippen molar-refractivity contribution >= 4 is 9.53 Å². The minimum atomic E-state index is -1.99. The number of hydrogen-bond donors (Lipinski definition) is 0. The van der Waals surface area contributed by atoms with Crippen LogP contribution in [0.25, 0.3) is 0 Å². The Bertz CT molecular complexity index is 446. The number of rotatable bonds is 42. The molecule has 0 aliphatic carbocycles. The van der Waals surface area contributed by atoms with Crippen LogP contribution in [0.5, 0.6) is 0 Å². The molecule has 0 atom stereocenters. The lowest BCUT2D eigenvalue weighted by Crippen LogP contribution is -2.28. The molecule has 278 valence electrons. The van der Waals surface area contributed by atoms with E-state index in [1.165, 1.54) is 212 Å². The fraction of sp³-hybridized carbons (Fsp3) is 1.00. The van der Waals surface area contributed by atoms with Gasteiger partial charge in [-0.2, -0.15) is 0 Å². The third kappa shape index (κ3) is 40.3. The second-order valence-corrected chi connectivity index (χ2v) is 16.1. The molecule has 0 aliphatic heterocycles. The molecule has 3 nitrogen and oxygen atoms in total. The fourth-order valence-corrected chi connectivity index (χ4v) is 7.88. The van der Waals surface area contributed by atoms with Gasteiger partial charge < -0.3 is 13.3 Å². The van der Waals surface area contributed by atoms with E-state index in [4.69, 9.17) is 13.3 Å². The van der Waals surface area contributed by atoms with Gasteiger partial charge in [0.15, 0.2) is 0 Å². The average molecular weight is 669 g/mol. The van der Waals surface area contributed by atoms with Crippen LogP contribution in [0.4, 0.5) is 0 Å². The molecule has 0 radical (unpaired) electrons. The van der Waals surface area contributed by atoms with E-state index in [0.717, 1.165) is 39.1 Å². The Kier molecular flexibility index (Phi) is 43.2. The predicted octanol–water partition coefficient (Wildman–Crippen LogP) is 14.9. The monoisotopic (exact) mass is 669 g/mol. The Hall–Kier alpha value is 0.0969. The van der Waals surface area contributed by atoms with Gasteiger partial charge in [0.2, 0.25) is 0 Å². The van der Waals surface area contributed by atoms with E-state index >= 15 is 0 Å². The van der Waals surface area contributed by atoms with E-state index in [1.54, 1.807) is 0 Å². The molecule has 0 saturated heterocycles. The molecule has 0 amide bonds. The van der Waals surface area contributed by atoms with Crippen LogP contribution in [0.15, 0.2) is 0 Å². The van der Waals surface area contributed by atoms with Crippen LogP contribution in [0.3, 0.4) is 0 Å². The summed E-state index contributed by atoms with van der Waals surface area (Å²) < 4.78 is 18.7. The maximum Gasteiger partial charge on any atom is 0.484 e. The van der Waals surface area contributed by atoms with Gasteiger partial charge in [-0.1, -0.05) is 233 Å². The molecule has 0 unspecified atom stereocenters. The zero-order chi connectivity index (χ0) is 33.3. The summed E-state index contributed by atoms with van der Waals surface area (Å²) in [6.07, 6.45) is 49.7. The summed E-state index contributed by atoms with van der Waals surface area (Å²) in [5.41, 5.74) is 0. The lowest BCUT2D eigenvalue weighted by molar-refractivity contribution is 0.0885. The summed E-state index contributed by atoms with van der Waals surface area (Å²) in [5.74, 6) is 0. The van der Waals surface area contributed by atoms with E-state index in [9.17, 15) is 0 Å². The zero-order valence-electron chi connectivity index (χ0n) is 32.4. The first kappa shape index (κ1) is 46.1. The molecular formula is C42H88O3Si. The molecule has 0 saturated carbocycles. The second-order valence-electron chi connectivity index (χ2n) is 14.6. The van der Waals surface area contributed by atoms with Gasteiger partial charge in [0, 0.05) is 19.8 Å². The van der Waals surface area contributed by atoms with Crippen molar-refractivity contribution in [1.29, 1.82) is 0 Å². The normalized spacial score (nSPS) is 11.7. The molecule has 4 heteroatoms. The zero-order valence-corrected chi connectivity index (χ0v) is 33.5. The standard InChI is InChI=1S/C42H88O3Si/c1-4-7-10-13-16-19-22-25-28-31-34-37-40-43-46(44-41-38-35-32-29-26-23-20-17-14-11-8-5-2)45-42-39-36-33-30-27-24-21-18-15-12-9-6-3/h46H,4-42H2,1-3H3. The van der Waals surface area contributed by atoms with Crippen LogP contribution >= 0.6 is 0 Å². The highest BCUT2D eigenvalue weighted by molar-refractivity contribution is 6.36. The number of hydrogen-bond acceptors (Lipinski definition) is 3. The van der Waals surface area contributed by atoms with Crippen molar-refractivity contribution in [2.75, 3.05) is 19.8 Å². The van der Waals surface area contributed by atoms with Crippen LogP contribution in [-0.4, -0.2) is 29.3 Å². The van der Waals surface area contributed by atoms with Gasteiger partial charge in [0.1, 0.15) is 0 Å². The summed E-state index contributed by atoms with van der Waals surface area (Å²) in [5, 5.41) is 0.